The van der Waals surface area contributed by atoms with Gasteiger partial charge in [-0.3, -0.25) is 4.68 Å². The van der Waals surface area contributed by atoms with Crippen LogP contribution in [0.25, 0.3) is 0 Å². The SMILES string of the molecule is CCNC(CC1CC1)c1ccn(C)n1. The number of hydrogen-bond donors (Lipinski definition) is 1. The lowest BCUT2D eigenvalue weighted by atomic mass is 10.1. The number of aryl methyl sites for hydroxylation is 1. The number of nitrogens with one attached hydrogen (secondary N) is 1. The van der Waals surface area contributed by atoms with E-state index in [4.69, 9.17) is 0 Å². The van der Waals surface area contributed by atoms with Gasteiger partial charge in [-0.1, -0.05) is 19.8 Å². The molecule has 0 saturated heterocycles. The molecular formula is C11H19N3. The van der Waals surface area contributed by atoms with Crippen LogP contribution in [0.1, 0.15) is 37.9 Å². The van der Waals surface area contributed by atoms with E-state index in [0.717, 1.165) is 12.5 Å². The van der Waals surface area contributed by atoms with Crippen LogP contribution in [0.3, 0.4) is 0 Å². The highest BCUT2D eigenvalue weighted by Gasteiger charge is 2.26. The third-order valence-corrected chi connectivity index (χ3v) is 2.81. The Kier molecular flexibility index (Phi) is 2.87. The average Bonchev–Trinajstić information content (AvgIpc) is 2.87. The molecule has 1 unspecified atom stereocenters. The van der Waals surface area contributed by atoms with Gasteiger partial charge in [0.2, 0.25) is 0 Å². The summed E-state index contributed by atoms with van der Waals surface area (Å²) in [5.41, 5.74) is 1.20. The molecular weight excluding hydrogens is 174 g/mol. The first-order chi connectivity index (χ1) is 6.79. The van der Waals surface area contributed by atoms with Gasteiger partial charge in [0.1, 0.15) is 0 Å². The van der Waals surface area contributed by atoms with E-state index in [-0.39, 0.29) is 0 Å². The topological polar surface area (TPSA) is 29.9 Å². The Morgan fingerprint density at radius 1 is 1.64 bits per heavy atom. The Morgan fingerprint density at radius 3 is 2.93 bits per heavy atom. The number of aromatic nitrogens is 2. The molecule has 1 aromatic heterocycles. The van der Waals surface area contributed by atoms with Crippen molar-refractivity contribution in [2.75, 3.05) is 6.54 Å². The summed E-state index contributed by atoms with van der Waals surface area (Å²) < 4.78 is 1.88. The van der Waals surface area contributed by atoms with Gasteiger partial charge in [0.25, 0.3) is 0 Å². The molecule has 1 saturated carbocycles. The van der Waals surface area contributed by atoms with Gasteiger partial charge in [-0.25, -0.2) is 0 Å². The fourth-order valence-electron chi connectivity index (χ4n) is 1.86. The molecule has 0 aliphatic heterocycles. The third kappa shape index (κ3) is 2.35. The molecule has 78 valence electrons. The molecule has 2 rings (SSSR count). The van der Waals surface area contributed by atoms with Crippen LogP contribution >= 0.6 is 0 Å². The normalized spacial score (nSPS) is 18.4. The third-order valence-electron chi connectivity index (χ3n) is 2.81. The van der Waals surface area contributed by atoms with Crippen LogP contribution in [0.5, 0.6) is 0 Å². The molecule has 0 radical (unpaired) electrons. The minimum Gasteiger partial charge on any atom is -0.309 e. The highest BCUT2D eigenvalue weighted by molar-refractivity contribution is 5.06. The van der Waals surface area contributed by atoms with E-state index in [9.17, 15) is 0 Å². The molecule has 1 N–H and O–H groups in total. The predicted octanol–water partition coefficient (Wildman–Crippen LogP) is 1.87. The molecule has 3 nitrogen and oxygen atoms in total. The first-order valence-corrected chi connectivity index (χ1v) is 5.52. The lowest BCUT2D eigenvalue weighted by Gasteiger charge is -2.14. The van der Waals surface area contributed by atoms with Crippen molar-refractivity contribution in [2.24, 2.45) is 13.0 Å². The van der Waals surface area contributed by atoms with Crippen molar-refractivity contribution in [2.45, 2.75) is 32.2 Å². The fraction of sp³-hybridized carbons (Fsp3) is 0.727. The highest BCUT2D eigenvalue weighted by atomic mass is 15.3. The Labute approximate surface area is 85.5 Å². The van der Waals surface area contributed by atoms with Crippen molar-refractivity contribution in [1.29, 1.82) is 0 Å². The summed E-state index contributed by atoms with van der Waals surface area (Å²) >= 11 is 0. The van der Waals surface area contributed by atoms with Crippen molar-refractivity contribution in [1.82, 2.24) is 15.1 Å². The minimum atomic E-state index is 0.466. The van der Waals surface area contributed by atoms with E-state index in [2.05, 4.69) is 23.4 Å². The fourth-order valence-corrected chi connectivity index (χ4v) is 1.86. The summed E-state index contributed by atoms with van der Waals surface area (Å²) in [5.74, 6) is 0.945. The minimum absolute atomic E-state index is 0.466. The van der Waals surface area contributed by atoms with E-state index in [1.54, 1.807) is 0 Å². The number of hydrogen-bond acceptors (Lipinski definition) is 2. The summed E-state index contributed by atoms with van der Waals surface area (Å²) in [6, 6.07) is 2.59. The predicted molar refractivity (Wildman–Crippen MR) is 57.0 cm³/mol. The lowest BCUT2D eigenvalue weighted by molar-refractivity contribution is 0.471. The molecule has 3 heteroatoms. The van der Waals surface area contributed by atoms with Gasteiger partial charge in [-0.15, -0.1) is 0 Å². The molecule has 0 amide bonds. The first-order valence-electron chi connectivity index (χ1n) is 5.52. The second kappa shape index (κ2) is 4.13. The molecule has 0 spiro atoms. The zero-order valence-electron chi connectivity index (χ0n) is 9.03. The van der Waals surface area contributed by atoms with Crippen LogP contribution in [-0.2, 0) is 7.05 Å². The smallest absolute Gasteiger partial charge is 0.0793 e. The van der Waals surface area contributed by atoms with Gasteiger partial charge < -0.3 is 5.32 Å². The molecule has 1 fully saturated rings. The van der Waals surface area contributed by atoms with Crippen molar-refractivity contribution < 1.29 is 0 Å². The van der Waals surface area contributed by atoms with E-state index >= 15 is 0 Å². The Morgan fingerprint density at radius 2 is 2.43 bits per heavy atom. The summed E-state index contributed by atoms with van der Waals surface area (Å²) in [5, 5.41) is 7.97. The van der Waals surface area contributed by atoms with Crippen LogP contribution < -0.4 is 5.32 Å². The summed E-state index contributed by atoms with van der Waals surface area (Å²) in [6.07, 6.45) is 6.10. The second-order valence-electron chi connectivity index (χ2n) is 4.20. The largest absolute Gasteiger partial charge is 0.309 e. The highest BCUT2D eigenvalue weighted by Crippen LogP contribution is 2.37. The summed E-state index contributed by atoms with van der Waals surface area (Å²) in [7, 11) is 1.98. The van der Waals surface area contributed by atoms with Crippen LogP contribution in [0.4, 0.5) is 0 Å². The molecule has 1 aliphatic carbocycles. The van der Waals surface area contributed by atoms with Gasteiger partial charge in [0.05, 0.1) is 11.7 Å². The molecule has 0 aromatic carbocycles. The van der Waals surface area contributed by atoms with E-state index in [1.807, 2.05) is 17.9 Å². The van der Waals surface area contributed by atoms with E-state index in [1.165, 1.54) is 25.0 Å². The Balaban J connectivity index is 2.00. The maximum Gasteiger partial charge on any atom is 0.0793 e. The van der Waals surface area contributed by atoms with Crippen LogP contribution in [-0.4, -0.2) is 16.3 Å². The van der Waals surface area contributed by atoms with Gasteiger partial charge in [0.15, 0.2) is 0 Å². The molecule has 14 heavy (non-hydrogen) atoms. The maximum absolute atomic E-state index is 4.46. The monoisotopic (exact) mass is 193 g/mol. The van der Waals surface area contributed by atoms with Crippen LogP contribution in [0, 0.1) is 5.92 Å². The number of rotatable bonds is 5. The molecule has 1 aromatic rings. The molecule has 1 heterocycles. The van der Waals surface area contributed by atoms with E-state index < -0.39 is 0 Å². The molecule has 1 aliphatic rings. The van der Waals surface area contributed by atoms with Gasteiger partial charge >= 0.3 is 0 Å². The zero-order valence-corrected chi connectivity index (χ0v) is 9.03. The van der Waals surface area contributed by atoms with E-state index in [0.29, 0.717) is 6.04 Å². The maximum atomic E-state index is 4.46. The van der Waals surface area contributed by atoms with Crippen molar-refractivity contribution in [3.8, 4) is 0 Å². The zero-order chi connectivity index (χ0) is 9.97. The molecule has 1 atom stereocenters. The first kappa shape index (κ1) is 9.71. The standard InChI is InChI=1S/C11H19N3/c1-3-12-11(8-9-4-5-9)10-6-7-14(2)13-10/h6-7,9,11-12H,3-5,8H2,1-2H3. The van der Waals surface area contributed by atoms with Gasteiger partial charge in [-0.2, -0.15) is 5.10 Å². The molecule has 0 bridgehead atoms. The summed E-state index contributed by atoms with van der Waals surface area (Å²) in [4.78, 5) is 0. The van der Waals surface area contributed by atoms with Crippen molar-refractivity contribution >= 4 is 0 Å². The quantitative estimate of drug-likeness (QED) is 0.773. The Bertz CT molecular complexity index is 288. The van der Waals surface area contributed by atoms with Crippen molar-refractivity contribution in [3.63, 3.8) is 0 Å². The average molecular weight is 193 g/mol. The van der Waals surface area contributed by atoms with Crippen molar-refractivity contribution in [3.05, 3.63) is 18.0 Å². The number of nitrogens with zero attached hydrogens (tertiary/aromatic N) is 2. The van der Waals surface area contributed by atoms with Crippen LogP contribution in [0.15, 0.2) is 12.3 Å². The lowest BCUT2D eigenvalue weighted by Crippen LogP contribution is -2.22. The summed E-state index contributed by atoms with van der Waals surface area (Å²) in [6.45, 7) is 3.18. The second-order valence-corrected chi connectivity index (χ2v) is 4.20. The van der Waals surface area contributed by atoms with Gasteiger partial charge in [-0.05, 0) is 24.9 Å². The van der Waals surface area contributed by atoms with Gasteiger partial charge in [0, 0.05) is 13.2 Å². The Hall–Kier alpha value is -0.830. The van der Waals surface area contributed by atoms with Crippen LogP contribution in [0.2, 0.25) is 0 Å².